The normalized spacial score (nSPS) is 32.6. The van der Waals surface area contributed by atoms with Gasteiger partial charge in [-0.05, 0) is 85.8 Å². The van der Waals surface area contributed by atoms with Gasteiger partial charge in [0.2, 0.25) is 0 Å². The fraction of sp³-hybridized carbons (Fsp3) is 0.769. The minimum atomic E-state index is -0.104. The van der Waals surface area contributed by atoms with Crippen LogP contribution >= 0.6 is 0 Å². The molecule has 0 heterocycles. The molecule has 0 atom stereocenters. The molecule has 1 heteroatoms. The Labute approximate surface area is 166 Å². The van der Waals surface area contributed by atoms with Gasteiger partial charge in [-0.3, -0.25) is 0 Å². The molecule has 3 aliphatic carbocycles. The zero-order chi connectivity index (χ0) is 18.5. The number of hydrogen-bond donors (Lipinski definition) is 0. The highest BCUT2D eigenvalue weighted by atomic mass is 19.1. The maximum atomic E-state index is 13.1. The summed E-state index contributed by atoms with van der Waals surface area (Å²) in [7, 11) is 0. The molecule has 27 heavy (non-hydrogen) atoms. The summed E-state index contributed by atoms with van der Waals surface area (Å²) in [4.78, 5) is 0. The third-order valence-corrected chi connectivity index (χ3v) is 8.37. The molecule has 1 aromatic rings. The Morgan fingerprint density at radius 2 is 1.15 bits per heavy atom. The molecule has 4 rings (SSSR count). The van der Waals surface area contributed by atoms with Crippen molar-refractivity contribution in [3.05, 3.63) is 35.6 Å². The summed E-state index contributed by atoms with van der Waals surface area (Å²) >= 11 is 0. The fourth-order valence-corrected chi connectivity index (χ4v) is 6.60. The standard InChI is InChI=1S/C26H39F/c27-26-18-16-25(17-19-26)24-14-12-23(13-15-24)22-10-8-21(9-11-22)7-3-6-20-4-1-2-5-20/h16-24H,1-15H2. The van der Waals surface area contributed by atoms with Crippen LogP contribution in [0.15, 0.2) is 24.3 Å². The summed E-state index contributed by atoms with van der Waals surface area (Å²) < 4.78 is 13.1. The molecule has 0 aromatic heterocycles. The van der Waals surface area contributed by atoms with Gasteiger partial charge in [0, 0.05) is 0 Å². The van der Waals surface area contributed by atoms with E-state index in [4.69, 9.17) is 0 Å². The van der Waals surface area contributed by atoms with Gasteiger partial charge < -0.3 is 0 Å². The Kier molecular flexibility index (Phi) is 6.90. The van der Waals surface area contributed by atoms with E-state index in [-0.39, 0.29) is 5.82 Å². The van der Waals surface area contributed by atoms with E-state index in [1.165, 1.54) is 102 Å². The summed E-state index contributed by atoms with van der Waals surface area (Å²) in [5, 5.41) is 0. The fourth-order valence-electron chi connectivity index (χ4n) is 6.60. The molecule has 0 N–H and O–H groups in total. The molecule has 0 unspecified atom stereocenters. The zero-order valence-electron chi connectivity index (χ0n) is 17.2. The van der Waals surface area contributed by atoms with Gasteiger partial charge in [0.05, 0.1) is 0 Å². The van der Waals surface area contributed by atoms with Gasteiger partial charge in [-0.1, -0.05) is 69.9 Å². The van der Waals surface area contributed by atoms with Crippen LogP contribution in [-0.4, -0.2) is 0 Å². The number of hydrogen-bond acceptors (Lipinski definition) is 0. The van der Waals surface area contributed by atoms with Gasteiger partial charge in [0.15, 0.2) is 0 Å². The predicted octanol–water partition coefficient (Wildman–Crippen LogP) is 8.27. The molecule has 0 saturated heterocycles. The molecule has 0 spiro atoms. The Balaban J connectivity index is 1.14. The van der Waals surface area contributed by atoms with Crippen molar-refractivity contribution in [2.45, 2.75) is 102 Å². The maximum absolute atomic E-state index is 13.1. The van der Waals surface area contributed by atoms with E-state index in [2.05, 4.69) is 0 Å². The quantitative estimate of drug-likeness (QED) is 0.472. The predicted molar refractivity (Wildman–Crippen MR) is 112 cm³/mol. The molecule has 0 amide bonds. The van der Waals surface area contributed by atoms with Crippen LogP contribution in [0, 0.1) is 29.5 Å². The van der Waals surface area contributed by atoms with Crippen LogP contribution in [0.3, 0.4) is 0 Å². The second-order valence-electron chi connectivity index (χ2n) is 10.0. The van der Waals surface area contributed by atoms with E-state index in [9.17, 15) is 4.39 Å². The van der Waals surface area contributed by atoms with E-state index in [0.717, 1.165) is 23.7 Å². The highest BCUT2D eigenvalue weighted by Gasteiger charge is 2.31. The number of rotatable bonds is 6. The van der Waals surface area contributed by atoms with Crippen molar-refractivity contribution in [3.8, 4) is 0 Å². The molecule has 150 valence electrons. The Morgan fingerprint density at radius 1 is 0.630 bits per heavy atom. The third kappa shape index (κ3) is 5.36. The first-order valence-electron chi connectivity index (χ1n) is 12.0. The lowest BCUT2D eigenvalue weighted by atomic mass is 9.68. The van der Waals surface area contributed by atoms with Gasteiger partial charge >= 0.3 is 0 Å². The van der Waals surface area contributed by atoms with Crippen LogP contribution < -0.4 is 0 Å². The van der Waals surface area contributed by atoms with E-state index in [0.29, 0.717) is 5.92 Å². The first-order chi connectivity index (χ1) is 13.3. The molecular formula is C26H39F. The summed E-state index contributed by atoms with van der Waals surface area (Å²) in [6.45, 7) is 0. The van der Waals surface area contributed by atoms with Crippen LogP contribution in [0.25, 0.3) is 0 Å². The minimum absolute atomic E-state index is 0.104. The molecule has 0 nitrogen and oxygen atoms in total. The van der Waals surface area contributed by atoms with Crippen molar-refractivity contribution in [1.82, 2.24) is 0 Å². The molecule has 3 saturated carbocycles. The monoisotopic (exact) mass is 370 g/mol. The maximum Gasteiger partial charge on any atom is 0.123 e. The topological polar surface area (TPSA) is 0 Å². The van der Waals surface area contributed by atoms with Gasteiger partial charge in [0.1, 0.15) is 5.82 Å². The number of halogens is 1. The van der Waals surface area contributed by atoms with Gasteiger partial charge in [-0.25, -0.2) is 4.39 Å². The van der Waals surface area contributed by atoms with E-state index >= 15 is 0 Å². The Hall–Kier alpha value is -0.850. The zero-order valence-corrected chi connectivity index (χ0v) is 17.2. The van der Waals surface area contributed by atoms with Crippen LogP contribution in [0.5, 0.6) is 0 Å². The van der Waals surface area contributed by atoms with Crippen molar-refractivity contribution < 1.29 is 4.39 Å². The first-order valence-corrected chi connectivity index (χ1v) is 12.0. The Morgan fingerprint density at radius 3 is 1.74 bits per heavy atom. The van der Waals surface area contributed by atoms with Crippen LogP contribution in [0.2, 0.25) is 0 Å². The van der Waals surface area contributed by atoms with Crippen molar-refractivity contribution in [3.63, 3.8) is 0 Å². The molecule has 3 fully saturated rings. The van der Waals surface area contributed by atoms with E-state index in [1.54, 1.807) is 12.1 Å². The van der Waals surface area contributed by atoms with E-state index < -0.39 is 0 Å². The van der Waals surface area contributed by atoms with Crippen molar-refractivity contribution in [2.24, 2.45) is 23.7 Å². The lowest BCUT2D eigenvalue weighted by Gasteiger charge is -2.38. The van der Waals surface area contributed by atoms with Crippen LogP contribution in [-0.2, 0) is 0 Å². The average Bonchev–Trinajstić information content (AvgIpc) is 3.23. The summed E-state index contributed by atoms with van der Waals surface area (Å²) in [5.41, 5.74) is 1.36. The minimum Gasteiger partial charge on any atom is -0.207 e. The summed E-state index contributed by atoms with van der Waals surface area (Å²) in [6.07, 6.45) is 22.0. The molecule has 3 aliphatic rings. The van der Waals surface area contributed by atoms with Crippen LogP contribution in [0.1, 0.15) is 108 Å². The molecular weight excluding hydrogens is 331 g/mol. The first kappa shape index (κ1) is 19.5. The number of benzene rings is 1. The highest BCUT2D eigenvalue weighted by Crippen LogP contribution is 2.44. The van der Waals surface area contributed by atoms with Gasteiger partial charge in [-0.15, -0.1) is 0 Å². The lowest BCUT2D eigenvalue weighted by molar-refractivity contribution is 0.155. The molecule has 1 aromatic carbocycles. The third-order valence-electron chi connectivity index (χ3n) is 8.37. The largest absolute Gasteiger partial charge is 0.207 e. The second kappa shape index (κ2) is 9.57. The summed E-state index contributed by atoms with van der Waals surface area (Å²) in [6, 6.07) is 7.29. The molecule has 0 aliphatic heterocycles. The second-order valence-corrected chi connectivity index (χ2v) is 10.0. The summed E-state index contributed by atoms with van der Waals surface area (Å²) in [5.74, 6) is 4.67. The average molecular weight is 371 g/mol. The highest BCUT2D eigenvalue weighted by molar-refractivity contribution is 5.21. The van der Waals surface area contributed by atoms with Crippen molar-refractivity contribution >= 4 is 0 Å². The van der Waals surface area contributed by atoms with Crippen molar-refractivity contribution in [1.29, 1.82) is 0 Å². The lowest BCUT2D eigenvalue weighted by Crippen LogP contribution is -2.25. The van der Waals surface area contributed by atoms with E-state index in [1.807, 2.05) is 12.1 Å². The smallest absolute Gasteiger partial charge is 0.123 e. The van der Waals surface area contributed by atoms with Crippen molar-refractivity contribution in [2.75, 3.05) is 0 Å². The Bertz CT molecular complexity index is 540. The molecule has 0 bridgehead atoms. The van der Waals surface area contributed by atoms with Gasteiger partial charge in [0.25, 0.3) is 0 Å². The molecule has 0 radical (unpaired) electrons. The van der Waals surface area contributed by atoms with Gasteiger partial charge in [-0.2, -0.15) is 0 Å². The van der Waals surface area contributed by atoms with Crippen LogP contribution in [0.4, 0.5) is 4.39 Å². The SMILES string of the molecule is Fc1ccc(C2CCC(C3CCC(CCCC4CCCC4)CC3)CC2)cc1.